The summed E-state index contributed by atoms with van der Waals surface area (Å²) in [5, 5.41) is 10.7. The number of methoxy groups -OCH3 is 1. The first-order valence-corrected chi connectivity index (χ1v) is 7.70. The topological polar surface area (TPSA) is 55.5 Å². The Kier molecular flexibility index (Phi) is 3.74. The summed E-state index contributed by atoms with van der Waals surface area (Å²) in [6.07, 6.45) is 3.62. The summed E-state index contributed by atoms with van der Waals surface area (Å²) >= 11 is 0. The minimum atomic E-state index is -0.303. The van der Waals surface area contributed by atoms with E-state index in [1.54, 1.807) is 7.11 Å². The molecule has 20 heavy (non-hydrogen) atoms. The Morgan fingerprint density at radius 2 is 2.05 bits per heavy atom. The molecule has 0 spiro atoms. The zero-order valence-electron chi connectivity index (χ0n) is 12.4. The zero-order chi connectivity index (χ0) is 14.3. The first-order valence-electron chi connectivity index (χ1n) is 7.70. The standard InChI is InChI=1S/C17H25NO2/c1-10-6-7-11(8-15(10)20-2)14(9-18)17(19)16-12-4-3-5-13(12)16/h6-8,12-14,16-17,19H,3-5,9,18H2,1-2H3. The van der Waals surface area contributed by atoms with Crippen molar-refractivity contribution < 1.29 is 9.84 Å². The van der Waals surface area contributed by atoms with Gasteiger partial charge in [-0.1, -0.05) is 18.6 Å². The first-order chi connectivity index (χ1) is 9.67. The maximum Gasteiger partial charge on any atom is 0.122 e. The monoisotopic (exact) mass is 275 g/mol. The largest absolute Gasteiger partial charge is 0.496 e. The lowest BCUT2D eigenvalue weighted by Gasteiger charge is -2.24. The van der Waals surface area contributed by atoms with Crippen LogP contribution < -0.4 is 10.5 Å². The highest BCUT2D eigenvalue weighted by Gasteiger charge is 2.56. The number of hydrogen-bond donors (Lipinski definition) is 2. The zero-order valence-corrected chi connectivity index (χ0v) is 12.4. The number of nitrogens with two attached hydrogens (primary N) is 1. The van der Waals surface area contributed by atoms with Gasteiger partial charge < -0.3 is 15.6 Å². The number of benzene rings is 1. The van der Waals surface area contributed by atoms with Gasteiger partial charge in [-0.25, -0.2) is 0 Å². The fraction of sp³-hybridized carbons (Fsp3) is 0.647. The van der Waals surface area contributed by atoms with E-state index in [1.807, 2.05) is 13.0 Å². The maximum absolute atomic E-state index is 10.7. The molecule has 0 radical (unpaired) electrons. The lowest BCUT2D eigenvalue weighted by Crippen LogP contribution is -2.29. The van der Waals surface area contributed by atoms with Crippen LogP contribution in [0.1, 0.15) is 36.3 Å². The SMILES string of the molecule is COc1cc(C(CN)C(O)C2C3CCCC32)ccc1C. The number of hydrogen-bond acceptors (Lipinski definition) is 3. The average Bonchev–Trinajstić information content (AvgIpc) is 2.94. The summed E-state index contributed by atoms with van der Waals surface area (Å²) in [5.74, 6) is 2.90. The van der Waals surface area contributed by atoms with Crippen LogP contribution in [-0.4, -0.2) is 24.9 Å². The van der Waals surface area contributed by atoms with Gasteiger partial charge >= 0.3 is 0 Å². The van der Waals surface area contributed by atoms with E-state index in [9.17, 15) is 5.11 Å². The Labute approximate surface area is 121 Å². The van der Waals surface area contributed by atoms with Crippen LogP contribution in [0.25, 0.3) is 0 Å². The van der Waals surface area contributed by atoms with Crippen molar-refractivity contribution in [3.8, 4) is 5.75 Å². The lowest BCUT2D eigenvalue weighted by molar-refractivity contribution is 0.108. The molecule has 2 saturated carbocycles. The van der Waals surface area contributed by atoms with Crippen LogP contribution in [0.2, 0.25) is 0 Å². The summed E-state index contributed by atoms with van der Waals surface area (Å²) in [6, 6.07) is 6.17. The fourth-order valence-corrected chi connectivity index (χ4v) is 4.19. The van der Waals surface area contributed by atoms with Crippen molar-refractivity contribution >= 4 is 0 Å². The van der Waals surface area contributed by atoms with Crippen molar-refractivity contribution in [1.82, 2.24) is 0 Å². The maximum atomic E-state index is 10.7. The third-order valence-corrected chi connectivity index (χ3v) is 5.39. The molecule has 4 unspecified atom stereocenters. The van der Waals surface area contributed by atoms with Crippen LogP contribution in [0.5, 0.6) is 5.75 Å². The summed E-state index contributed by atoms with van der Waals surface area (Å²) in [5.41, 5.74) is 8.17. The van der Waals surface area contributed by atoms with Crippen LogP contribution in [0.3, 0.4) is 0 Å². The minimum Gasteiger partial charge on any atom is -0.496 e. The first kappa shape index (κ1) is 13.9. The predicted molar refractivity (Wildman–Crippen MR) is 79.9 cm³/mol. The van der Waals surface area contributed by atoms with E-state index in [0.29, 0.717) is 12.5 Å². The molecular weight excluding hydrogens is 250 g/mol. The van der Waals surface area contributed by atoms with Gasteiger partial charge in [0.1, 0.15) is 5.75 Å². The molecule has 4 atom stereocenters. The number of ether oxygens (including phenoxy) is 1. The number of fused-ring (bicyclic) bond motifs is 1. The fourth-order valence-electron chi connectivity index (χ4n) is 4.19. The molecular formula is C17H25NO2. The van der Waals surface area contributed by atoms with Gasteiger partial charge in [0.05, 0.1) is 13.2 Å². The molecule has 1 aromatic rings. The van der Waals surface area contributed by atoms with Crippen LogP contribution in [0.15, 0.2) is 18.2 Å². The van der Waals surface area contributed by atoms with Crippen molar-refractivity contribution in [3.63, 3.8) is 0 Å². The van der Waals surface area contributed by atoms with E-state index in [4.69, 9.17) is 10.5 Å². The highest BCUT2D eigenvalue weighted by atomic mass is 16.5. The predicted octanol–water partition coefficient (Wildman–Crippen LogP) is 2.45. The Morgan fingerprint density at radius 1 is 1.35 bits per heavy atom. The van der Waals surface area contributed by atoms with Gasteiger partial charge in [-0.2, -0.15) is 0 Å². The lowest BCUT2D eigenvalue weighted by atomic mass is 9.88. The molecule has 0 heterocycles. The number of aryl methyl sites for hydroxylation is 1. The van der Waals surface area contributed by atoms with E-state index in [-0.39, 0.29) is 12.0 Å². The van der Waals surface area contributed by atoms with Crippen LogP contribution in [0, 0.1) is 24.7 Å². The second-order valence-electron chi connectivity index (χ2n) is 6.40. The second kappa shape index (κ2) is 5.38. The third-order valence-electron chi connectivity index (χ3n) is 5.39. The van der Waals surface area contributed by atoms with E-state index in [2.05, 4.69) is 12.1 Å². The minimum absolute atomic E-state index is 0.0279. The molecule has 0 aromatic heterocycles. The highest BCUT2D eigenvalue weighted by molar-refractivity contribution is 5.38. The van der Waals surface area contributed by atoms with Gasteiger partial charge in [-0.3, -0.25) is 0 Å². The summed E-state index contributed by atoms with van der Waals surface area (Å²) < 4.78 is 5.39. The van der Waals surface area contributed by atoms with Gasteiger partial charge in [-0.15, -0.1) is 0 Å². The molecule has 0 amide bonds. The van der Waals surface area contributed by atoms with E-state index in [1.165, 1.54) is 19.3 Å². The average molecular weight is 275 g/mol. The van der Waals surface area contributed by atoms with Crippen molar-refractivity contribution in [2.75, 3.05) is 13.7 Å². The summed E-state index contributed by atoms with van der Waals surface area (Å²) in [7, 11) is 1.69. The Balaban J connectivity index is 1.79. The van der Waals surface area contributed by atoms with E-state index in [0.717, 1.165) is 28.7 Å². The second-order valence-corrected chi connectivity index (χ2v) is 6.40. The van der Waals surface area contributed by atoms with E-state index < -0.39 is 0 Å². The van der Waals surface area contributed by atoms with Crippen molar-refractivity contribution in [2.45, 2.75) is 38.2 Å². The third kappa shape index (κ3) is 2.23. The molecule has 1 aromatic carbocycles. The molecule has 110 valence electrons. The van der Waals surface area contributed by atoms with Crippen molar-refractivity contribution in [3.05, 3.63) is 29.3 Å². The molecule has 2 fully saturated rings. The van der Waals surface area contributed by atoms with Crippen LogP contribution in [-0.2, 0) is 0 Å². The van der Waals surface area contributed by atoms with Gasteiger partial charge in [0, 0.05) is 12.5 Å². The molecule has 0 bridgehead atoms. The normalized spacial score (nSPS) is 30.7. The summed E-state index contributed by atoms with van der Waals surface area (Å²) in [6.45, 7) is 2.52. The molecule has 0 saturated heterocycles. The molecule has 2 aliphatic carbocycles. The van der Waals surface area contributed by atoms with E-state index >= 15 is 0 Å². The Morgan fingerprint density at radius 3 is 2.65 bits per heavy atom. The van der Waals surface area contributed by atoms with Crippen molar-refractivity contribution in [2.24, 2.45) is 23.5 Å². The molecule has 0 aliphatic heterocycles. The van der Waals surface area contributed by atoms with Gasteiger partial charge in [0.15, 0.2) is 0 Å². The molecule has 2 aliphatic rings. The quantitative estimate of drug-likeness (QED) is 0.868. The van der Waals surface area contributed by atoms with Gasteiger partial charge in [-0.05, 0) is 54.7 Å². The van der Waals surface area contributed by atoms with Crippen LogP contribution in [0.4, 0.5) is 0 Å². The number of aliphatic hydroxyl groups excluding tert-OH is 1. The highest BCUT2D eigenvalue weighted by Crippen LogP contribution is 2.60. The number of aliphatic hydroxyl groups is 1. The molecule has 3 nitrogen and oxygen atoms in total. The Hall–Kier alpha value is -1.06. The summed E-state index contributed by atoms with van der Waals surface area (Å²) in [4.78, 5) is 0. The smallest absolute Gasteiger partial charge is 0.122 e. The van der Waals surface area contributed by atoms with Crippen LogP contribution >= 0.6 is 0 Å². The van der Waals surface area contributed by atoms with Gasteiger partial charge in [0.25, 0.3) is 0 Å². The van der Waals surface area contributed by atoms with Crippen molar-refractivity contribution in [1.29, 1.82) is 0 Å². The number of rotatable bonds is 5. The van der Waals surface area contributed by atoms with Gasteiger partial charge in [0.2, 0.25) is 0 Å². The molecule has 3 N–H and O–H groups in total. The molecule has 3 rings (SSSR count). The molecule has 3 heteroatoms. The Bertz CT molecular complexity index is 478.